The molecule has 1 atom stereocenters. The molecule has 2 aromatic carbocycles. The number of hydrogen-bond acceptors (Lipinski definition) is 7. The molecule has 0 radical (unpaired) electrons. The third-order valence-corrected chi connectivity index (χ3v) is 9.78. The van der Waals surface area contributed by atoms with Crippen molar-refractivity contribution in [2.24, 2.45) is 0 Å². The molecule has 1 aliphatic carbocycles. The number of benzene rings is 2. The van der Waals surface area contributed by atoms with E-state index in [2.05, 4.69) is 17.0 Å². The van der Waals surface area contributed by atoms with Gasteiger partial charge in [-0.3, -0.25) is 4.90 Å². The lowest BCUT2D eigenvalue weighted by molar-refractivity contribution is 0.246. The molecule has 38 heavy (non-hydrogen) atoms. The van der Waals surface area contributed by atoms with E-state index in [9.17, 15) is 10.4 Å². The van der Waals surface area contributed by atoms with Gasteiger partial charge in [-0.15, -0.1) is 11.8 Å². The Morgan fingerprint density at radius 3 is 2.42 bits per heavy atom. The van der Waals surface area contributed by atoms with Gasteiger partial charge < -0.3 is 19.3 Å². The number of thioether (sulfide) groups is 1. The van der Waals surface area contributed by atoms with Gasteiger partial charge >= 0.3 is 0 Å². The molecule has 2 aromatic rings. The number of nitriles is 1. The molecule has 0 aromatic heterocycles. The fourth-order valence-electron chi connectivity index (χ4n) is 5.85. The van der Waals surface area contributed by atoms with Crippen molar-refractivity contribution in [3.05, 3.63) is 47.0 Å². The molecule has 0 saturated heterocycles. The summed E-state index contributed by atoms with van der Waals surface area (Å²) in [5.74, 6) is 2.15. The number of nitrogens with zero attached hydrogens (tertiary/aromatic N) is 2. The van der Waals surface area contributed by atoms with Crippen molar-refractivity contribution >= 4 is 11.8 Å². The molecule has 0 bridgehead atoms. The molecule has 0 amide bonds. The van der Waals surface area contributed by atoms with Crippen LogP contribution >= 0.6 is 11.8 Å². The molecule has 2 aliphatic rings. The van der Waals surface area contributed by atoms with E-state index in [4.69, 9.17) is 14.2 Å². The van der Waals surface area contributed by atoms with Crippen molar-refractivity contribution in [1.29, 1.82) is 5.26 Å². The molecule has 4 rings (SSSR count). The molecule has 0 spiro atoms. The van der Waals surface area contributed by atoms with Crippen LogP contribution < -0.4 is 14.2 Å². The standard InChI is InChI=1S/C31H42N2O4S/c1-35-28-13-12-25(20-30(28)37-3)31(22-32,38-26-10-6-4-7-11-26)15-8-5-9-16-33-17-14-23-19-29(36-2)27(34)18-24(23)21-33/h12-13,18-20,26,34H,4-11,14-17,21H2,1-3H3. The zero-order chi connectivity index (χ0) is 27.0. The van der Waals surface area contributed by atoms with E-state index in [0.29, 0.717) is 22.5 Å². The van der Waals surface area contributed by atoms with Gasteiger partial charge in [-0.2, -0.15) is 5.26 Å². The van der Waals surface area contributed by atoms with Gasteiger partial charge in [0.25, 0.3) is 0 Å². The SMILES string of the molecule is COc1cc2c(cc1O)CN(CCCCCC(C#N)(SC1CCCCC1)c1ccc(OC)c(OC)c1)CC2. The van der Waals surface area contributed by atoms with Crippen LogP contribution in [0.2, 0.25) is 0 Å². The van der Waals surface area contributed by atoms with Crippen molar-refractivity contribution in [2.75, 3.05) is 34.4 Å². The number of aromatic hydroxyl groups is 1. The quantitative estimate of drug-likeness (QED) is 0.297. The van der Waals surface area contributed by atoms with Crippen molar-refractivity contribution < 1.29 is 19.3 Å². The second kappa shape index (κ2) is 13.5. The largest absolute Gasteiger partial charge is 0.504 e. The predicted octanol–water partition coefficient (Wildman–Crippen LogP) is 6.82. The molecule has 6 nitrogen and oxygen atoms in total. The van der Waals surface area contributed by atoms with E-state index < -0.39 is 4.75 Å². The summed E-state index contributed by atoms with van der Waals surface area (Å²) in [4.78, 5) is 2.47. The zero-order valence-corrected chi connectivity index (χ0v) is 23.9. The number of unbranched alkanes of at least 4 members (excludes halogenated alkanes) is 2. The van der Waals surface area contributed by atoms with Crippen LogP contribution in [0.5, 0.6) is 23.0 Å². The second-order valence-electron chi connectivity index (χ2n) is 10.5. The fraction of sp³-hybridized carbons (Fsp3) is 0.581. The van der Waals surface area contributed by atoms with E-state index >= 15 is 0 Å². The number of phenolic OH excluding ortho intramolecular Hbond substituents is 1. The normalized spacial score (nSPS) is 17.7. The Hall–Kier alpha value is -2.56. The highest BCUT2D eigenvalue weighted by molar-refractivity contribution is 8.01. The number of rotatable bonds is 12. The molecular weight excluding hydrogens is 496 g/mol. The van der Waals surface area contributed by atoms with Gasteiger partial charge in [0, 0.05) is 18.3 Å². The lowest BCUT2D eigenvalue weighted by Crippen LogP contribution is -2.31. The van der Waals surface area contributed by atoms with Gasteiger partial charge in [-0.25, -0.2) is 0 Å². The molecule has 1 saturated carbocycles. The van der Waals surface area contributed by atoms with Crippen LogP contribution in [0, 0.1) is 11.3 Å². The summed E-state index contributed by atoms with van der Waals surface area (Å²) in [5, 5.41) is 21.3. The first kappa shape index (κ1) is 28.4. The van der Waals surface area contributed by atoms with Crippen LogP contribution in [0.1, 0.15) is 74.5 Å². The maximum absolute atomic E-state index is 10.6. The highest BCUT2D eigenvalue weighted by Gasteiger charge is 2.37. The summed E-state index contributed by atoms with van der Waals surface area (Å²) in [6.45, 7) is 2.91. The highest BCUT2D eigenvalue weighted by atomic mass is 32.2. The zero-order valence-electron chi connectivity index (χ0n) is 23.1. The summed E-state index contributed by atoms with van der Waals surface area (Å²) in [7, 11) is 4.89. The number of methoxy groups -OCH3 is 3. The van der Waals surface area contributed by atoms with Gasteiger partial charge in [0.05, 0.1) is 27.4 Å². The van der Waals surface area contributed by atoms with E-state index in [1.165, 1.54) is 43.2 Å². The topological polar surface area (TPSA) is 75.0 Å². The molecular formula is C31H42N2O4S. The monoisotopic (exact) mass is 538 g/mol. The van der Waals surface area contributed by atoms with Crippen LogP contribution in [0.3, 0.4) is 0 Å². The fourth-order valence-corrected chi connectivity index (χ4v) is 7.56. The van der Waals surface area contributed by atoms with Crippen LogP contribution in [0.4, 0.5) is 0 Å². The maximum Gasteiger partial charge on any atom is 0.161 e. The molecule has 1 heterocycles. The predicted molar refractivity (Wildman–Crippen MR) is 153 cm³/mol. The number of phenols is 1. The summed E-state index contributed by atoms with van der Waals surface area (Å²) < 4.78 is 15.7. The minimum atomic E-state index is -0.581. The van der Waals surface area contributed by atoms with E-state index in [1.807, 2.05) is 36.0 Å². The van der Waals surface area contributed by atoms with Crippen LogP contribution in [-0.2, 0) is 17.7 Å². The van der Waals surface area contributed by atoms with Crippen LogP contribution in [-0.4, -0.2) is 49.7 Å². The van der Waals surface area contributed by atoms with Crippen molar-refractivity contribution in [3.8, 4) is 29.1 Å². The Kier molecular flexibility index (Phi) is 10.1. The van der Waals surface area contributed by atoms with E-state index in [1.54, 1.807) is 21.3 Å². The molecule has 206 valence electrons. The summed E-state index contributed by atoms with van der Waals surface area (Å²) >= 11 is 1.88. The number of hydrogen-bond donors (Lipinski definition) is 1. The van der Waals surface area contributed by atoms with Crippen LogP contribution in [0.25, 0.3) is 0 Å². The highest BCUT2D eigenvalue weighted by Crippen LogP contribution is 2.48. The average Bonchev–Trinajstić information content (AvgIpc) is 2.96. The lowest BCUT2D eigenvalue weighted by atomic mass is 9.92. The third-order valence-electron chi connectivity index (χ3n) is 8.05. The number of fused-ring (bicyclic) bond motifs is 1. The van der Waals surface area contributed by atoms with Crippen molar-refractivity contribution in [3.63, 3.8) is 0 Å². The Bertz CT molecular complexity index is 1110. The second-order valence-corrected chi connectivity index (χ2v) is 12.1. The minimum Gasteiger partial charge on any atom is -0.504 e. The first-order chi connectivity index (χ1) is 18.5. The summed E-state index contributed by atoms with van der Waals surface area (Å²) in [6.07, 6.45) is 11.2. The average molecular weight is 539 g/mol. The minimum absolute atomic E-state index is 0.214. The van der Waals surface area contributed by atoms with Crippen LogP contribution in [0.15, 0.2) is 30.3 Å². The van der Waals surface area contributed by atoms with Gasteiger partial charge in [-0.1, -0.05) is 38.2 Å². The Morgan fingerprint density at radius 1 is 0.947 bits per heavy atom. The summed E-state index contributed by atoms with van der Waals surface area (Å²) in [5.41, 5.74) is 3.48. The Morgan fingerprint density at radius 2 is 1.71 bits per heavy atom. The first-order valence-electron chi connectivity index (χ1n) is 13.9. The van der Waals surface area contributed by atoms with E-state index in [-0.39, 0.29) is 5.75 Å². The third kappa shape index (κ3) is 6.71. The van der Waals surface area contributed by atoms with Gasteiger partial charge in [0.2, 0.25) is 0 Å². The van der Waals surface area contributed by atoms with Crippen molar-refractivity contribution in [1.82, 2.24) is 4.90 Å². The maximum atomic E-state index is 10.6. The Labute approximate surface area is 232 Å². The number of ether oxygens (including phenoxy) is 3. The van der Waals surface area contributed by atoms with Crippen molar-refractivity contribution in [2.45, 2.75) is 80.7 Å². The molecule has 1 fully saturated rings. The molecule has 1 N–H and O–H groups in total. The first-order valence-corrected chi connectivity index (χ1v) is 14.8. The van der Waals surface area contributed by atoms with Gasteiger partial charge in [-0.05, 0) is 79.6 Å². The summed E-state index contributed by atoms with van der Waals surface area (Å²) in [6, 6.07) is 12.6. The van der Waals surface area contributed by atoms with Gasteiger partial charge in [0.15, 0.2) is 23.0 Å². The molecule has 1 unspecified atom stereocenters. The van der Waals surface area contributed by atoms with E-state index in [0.717, 1.165) is 57.3 Å². The smallest absolute Gasteiger partial charge is 0.161 e. The van der Waals surface area contributed by atoms with Gasteiger partial charge in [0.1, 0.15) is 4.75 Å². The Balaban J connectivity index is 1.37. The molecule has 1 aliphatic heterocycles. The lowest BCUT2D eigenvalue weighted by Gasteiger charge is -2.33. The molecule has 7 heteroatoms.